The van der Waals surface area contributed by atoms with Gasteiger partial charge in [0, 0.05) is 68.2 Å². The summed E-state index contributed by atoms with van der Waals surface area (Å²) in [5, 5.41) is 17.1. The lowest BCUT2D eigenvalue weighted by molar-refractivity contribution is 0.102. The molecule has 0 radical (unpaired) electrons. The van der Waals surface area contributed by atoms with Gasteiger partial charge in [-0.05, 0) is 48.2 Å². The number of anilines is 5. The molecular formula is C40H47N11O4. The van der Waals surface area contributed by atoms with E-state index in [1.54, 1.807) is 30.3 Å². The van der Waals surface area contributed by atoms with Crippen LogP contribution in [0.2, 0.25) is 0 Å². The summed E-state index contributed by atoms with van der Waals surface area (Å²) in [5.74, 6) is 1.30. The normalized spacial score (nSPS) is 19.8. The Morgan fingerprint density at radius 1 is 0.691 bits per heavy atom. The molecule has 2 fully saturated rings. The summed E-state index contributed by atoms with van der Waals surface area (Å²) >= 11 is 0. The summed E-state index contributed by atoms with van der Waals surface area (Å²) in [4.78, 5) is 31.8. The Balaban J connectivity index is 1.09. The van der Waals surface area contributed by atoms with Gasteiger partial charge in [0.2, 0.25) is 17.8 Å². The van der Waals surface area contributed by atoms with Crippen molar-refractivity contribution in [1.82, 2.24) is 15.0 Å². The maximum absolute atomic E-state index is 13.7. The van der Waals surface area contributed by atoms with Gasteiger partial charge in [-0.15, -0.1) is 0 Å². The fourth-order valence-electron chi connectivity index (χ4n) is 6.79. The van der Waals surface area contributed by atoms with Gasteiger partial charge in [0.05, 0.1) is 11.3 Å². The minimum atomic E-state index is -0.476. The zero-order valence-electron chi connectivity index (χ0n) is 30.4. The standard InChI is InChI=1S/C40H47N11O4/c41-27-15-28(42)20-50(19-27)39-47-38(48-40(49-39)51-21-29(43)16-30(44)22-51)45-31-11-14-34(35(52)17-31)46-37(53)33-13-12-32(54-23-25-7-3-1-4-8-25)18-36(33)55-24-26-9-5-2-6-10-26/h1-14,17-18,27-30,52H,15-16,19-24,41-44H2,(H,46,53)(H,45,47,48,49)/t27-,28+,29-,30+. The molecule has 15 nitrogen and oxygen atoms in total. The third kappa shape index (κ3) is 9.76. The quantitative estimate of drug-likeness (QED) is 0.0908. The van der Waals surface area contributed by atoms with Crippen molar-refractivity contribution in [3.05, 3.63) is 114 Å². The summed E-state index contributed by atoms with van der Waals surface area (Å²) in [7, 11) is 0. The lowest BCUT2D eigenvalue weighted by Crippen LogP contribution is -2.54. The van der Waals surface area contributed by atoms with Gasteiger partial charge in [-0.2, -0.15) is 15.0 Å². The van der Waals surface area contributed by atoms with Crippen molar-refractivity contribution in [3.8, 4) is 17.2 Å². The molecule has 55 heavy (non-hydrogen) atoms. The minimum absolute atomic E-state index is 0.130. The molecule has 15 heteroatoms. The number of benzene rings is 4. The topological polar surface area (TPSA) is 229 Å². The Morgan fingerprint density at radius 3 is 1.78 bits per heavy atom. The first-order valence-electron chi connectivity index (χ1n) is 18.3. The maximum Gasteiger partial charge on any atom is 0.259 e. The Labute approximate surface area is 319 Å². The van der Waals surface area contributed by atoms with E-state index in [1.807, 2.05) is 70.5 Å². The molecule has 4 aromatic carbocycles. The second kappa shape index (κ2) is 17.0. The third-order valence-electron chi connectivity index (χ3n) is 9.39. The van der Waals surface area contributed by atoms with Crippen molar-refractivity contribution in [2.45, 2.75) is 50.2 Å². The van der Waals surface area contributed by atoms with Crippen LogP contribution in [-0.4, -0.2) is 76.3 Å². The second-order valence-corrected chi connectivity index (χ2v) is 14.1. The van der Waals surface area contributed by atoms with Gasteiger partial charge in [-0.3, -0.25) is 4.79 Å². The third-order valence-corrected chi connectivity index (χ3v) is 9.39. The number of phenolic OH excluding ortho intramolecular Hbond substituents is 1. The highest BCUT2D eigenvalue weighted by atomic mass is 16.5. The number of carbonyl (C=O) groups is 1. The van der Waals surface area contributed by atoms with Gasteiger partial charge >= 0.3 is 0 Å². The van der Waals surface area contributed by atoms with Crippen LogP contribution in [0.4, 0.5) is 29.2 Å². The number of nitrogens with zero attached hydrogens (tertiary/aromatic N) is 5. The summed E-state index contributed by atoms with van der Waals surface area (Å²) in [6, 6.07) is 28.8. The number of piperidine rings is 2. The first-order valence-corrected chi connectivity index (χ1v) is 18.3. The zero-order valence-corrected chi connectivity index (χ0v) is 30.4. The van der Waals surface area contributed by atoms with Crippen molar-refractivity contribution in [1.29, 1.82) is 0 Å². The predicted molar refractivity (Wildman–Crippen MR) is 213 cm³/mol. The highest BCUT2D eigenvalue weighted by molar-refractivity contribution is 6.07. The van der Waals surface area contributed by atoms with E-state index in [0.717, 1.165) is 11.1 Å². The van der Waals surface area contributed by atoms with E-state index in [-0.39, 0.29) is 53.7 Å². The molecule has 2 aliphatic heterocycles. The fourth-order valence-corrected chi connectivity index (χ4v) is 6.79. The molecule has 7 rings (SSSR count). The van der Waals surface area contributed by atoms with E-state index in [1.165, 1.54) is 6.07 Å². The van der Waals surface area contributed by atoms with Crippen LogP contribution in [0, 0.1) is 0 Å². The molecule has 1 amide bonds. The van der Waals surface area contributed by atoms with Crippen LogP contribution in [0.1, 0.15) is 34.3 Å². The predicted octanol–water partition coefficient (Wildman–Crippen LogP) is 3.46. The molecule has 11 N–H and O–H groups in total. The Morgan fingerprint density at radius 2 is 1.24 bits per heavy atom. The zero-order chi connectivity index (χ0) is 38.3. The molecule has 3 heterocycles. The number of nitrogens with one attached hydrogen (secondary N) is 2. The van der Waals surface area contributed by atoms with Crippen molar-refractivity contribution in [2.75, 3.05) is 46.6 Å². The van der Waals surface area contributed by atoms with Crippen molar-refractivity contribution in [3.63, 3.8) is 0 Å². The summed E-state index contributed by atoms with van der Waals surface area (Å²) in [6.45, 7) is 2.73. The lowest BCUT2D eigenvalue weighted by Gasteiger charge is -2.37. The lowest BCUT2D eigenvalue weighted by atomic mass is 10.0. The van der Waals surface area contributed by atoms with Crippen LogP contribution >= 0.6 is 0 Å². The van der Waals surface area contributed by atoms with Crippen molar-refractivity contribution >= 4 is 35.1 Å². The monoisotopic (exact) mass is 745 g/mol. The number of ether oxygens (including phenoxy) is 2. The summed E-state index contributed by atoms with van der Waals surface area (Å²) < 4.78 is 12.2. The highest BCUT2D eigenvalue weighted by Crippen LogP contribution is 2.32. The average Bonchev–Trinajstić information content (AvgIpc) is 3.17. The van der Waals surface area contributed by atoms with E-state index in [4.69, 9.17) is 47.4 Å². The van der Waals surface area contributed by atoms with Crippen LogP contribution in [0.15, 0.2) is 97.1 Å². The fraction of sp³-hybridized carbons (Fsp3) is 0.300. The molecule has 2 saturated heterocycles. The van der Waals surface area contributed by atoms with E-state index in [2.05, 4.69) is 10.6 Å². The highest BCUT2D eigenvalue weighted by Gasteiger charge is 2.29. The number of hydrogen-bond acceptors (Lipinski definition) is 14. The van der Waals surface area contributed by atoms with E-state index in [0.29, 0.717) is 74.7 Å². The Hall–Kier alpha value is -6.00. The van der Waals surface area contributed by atoms with E-state index < -0.39 is 5.91 Å². The van der Waals surface area contributed by atoms with E-state index >= 15 is 0 Å². The molecular weight excluding hydrogens is 699 g/mol. The molecule has 286 valence electrons. The molecule has 0 bridgehead atoms. The number of aromatic hydroxyl groups is 1. The number of amides is 1. The number of phenols is 1. The maximum atomic E-state index is 13.7. The number of nitrogens with two attached hydrogens (primary N) is 4. The van der Waals surface area contributed by atoms with Crippen LogP contribution in [0.25, 0.3) is 0 Å². The number of rotatable bonds is 12. The minimum Gasteiger partial charge on any atom is -0.506 e. The van der Waals surface area contributed by atoms with Gasteiger partial charge in [0.25, 0.3) is 5.91 Å². The smallest absolute Gasteiger partial charge is 0.259 e. The van der Waals surface area contributed by atoms with Crippen LogP contribution in [-0.2, 0) is 13.2 Å². The van der Waals surface area contributed by atoms with Crippen LogP contribution in [0.5, 0.6) is 17.2 Å². The van der Waals surface area contributed by atoms with Crippen molar-refractivity contribution < 1.29 is 19.4 Å². The van der Waals surface area contributed by atoms with Gasteiger partial charge in [0.1, 0.15) is 30.5 Å². The van der Waals surface area contributed by atoms with Gasteiger partial charge in [0.15, 0.2) is 0 Å². The molecule has 0 spiro atoms. The molecule has 4 atom stereocenters. The van der Waals surface area contributed by atoms with Gasteiger partial charge in [-0.25, -0.2) is 0 Å². The molecule has 0 unspecified atom stereocenters. The molecule has 0 aliphatic carbocycles. The summed E-state index contributed by atoms with van der Waals surface area (Å²) in [6.07, 6.45) is 1.40. The van der Waals surface area contributed by atoms with Crippen molar-refractivity contribution in [2.24, 2.45) is 22.9 Å². The largest absolute Gasteiger partial charge is 0.506 e. The number of hydrogen-bond donors (Lipinski definition) is 7. The molecule has 1 aromatic heterocycles. The molecule has 2 aliphatic rings. The second-order valence-electron chi connectivity index (χ2n) is 14.1. The van der Waals surface area contributed by atoms with Gasteiger partial charge < -0.3 is 57.9 Å². The Kier molecular flexibility index (Phi) is 11.5. The number of carbonyl (C=O) groups excluding carboxylic acids is 1. The van der Waals surface area contributed by atoms with E-state index in [9.17, 15) is 9.90 Å². The first kappa shape index (κ1) is 37.3. The first-order chi connectivity index (χ1) is 26.6. The Bertz CT molecular complexity index is 2010. The molecule has 0 saturated carbocycles. The average molecular weight is 746 g/mol. The van der Waals surface area contributed by atoms with Crippen LogP contribution in [0.3, 0.4) is 0 Å². The SMILES string of the molecule is N[C@@H]1C[C@H](N)CN(c2nc(Nc3ccc(NC(=O)c4ccc(OCc5ccccc5)cc4OCc4ccccc4)c(O)c3)nc(N3C[C@H](N)C[C@H](N)C3)n2)C1. The molecule has 5 aromatic rings. The summed E-state index contributed by atoms with van der Waals surface area (Å²) in [5.41, 5.74) is 28.1. The van der Waals surface area contributed by atoms with Gasteiger partial charge in [-0.1, -0.05) is 60.7 Å². The van der Waals surface area contributed by atoms with Crippen LogP contribution < -0.4 is 52.8 Å². The number of aromatic nitrogens is 3.